The minimum absolute atomic E-state index is 0.359. The van der Waals surface area contributed by atoms with Gasteiger partial charge in [0.1, 0.15) is 0 Å². The van der Waals surface area contributed by atoms with Gasteiger partial charge in [0.05, 0.1) is 7.11 Å². The Balaban J connectivity index is 3.79. The molecule has 0 aromatic heterocycles. The van der Waals surface area contributed by atoms with Crippen LogP contribution in [0.5, 0.6) is 0 Å². The lowest BCUT2D eigenvalue weighted by Gasteiger charge is -2.08. The highest BCUT2D eigenvalue weighted by Crippen LogP contribution is 1.98. The van der Waals surface area contributed by atoms with E-state index < -0.39 is 6.10 Å². The molecule has 0 radical (unpaired) electrons. The molecule has 0 heterocycles. The van der Waals surface area contributed by atoms with E-state index >= 15 is 0 Å². The van der Waals surface area contributed by atoms with Crippen molar-refractivity contribution in [1.82, 2.24) is 0 Å². The fraction of sp³-hybridized carbons (Fsp3) is 0.571. The van der Waals surface area contributed by atoms with Gasteiger partial charge in [-0.05, 0) is 0 Å². The summed E-state index contributed by atoms with van der Waals surface area (Å²) in [5, 5.41) is 0. The van der Waals surface area contributed by atoms with Gasteiger partial charge in [-0.25, -0.2) is 4.79 Å². The zero-order chi connectivity index (χ0) is 7.98. The maximum Gasteiger partial charge on any atom is 0.335 e. The molecule has 0 N–H and O–H groups in total. The molecular formula is C7H12O3. The first kappa shape index (κ1) is 9.17. The Morgan fingerprint density at radius 1 is 1.70 bits per heavy atom. The maximum absolute atomic E-state index is 10.7. The molecule has 0 rings (SSSR count). The van der Waals surface area contributed by atoms with Crippen molar-refractivity contribution in [3.8, 4) is 0 Å². The molecule has 0 aromatic carbocycles. The van der Waals surface area contributed by atoms with Gasteiger partial charge in [0, 0.05) is 13.5 Å². The van der Waals surface area contributed by atoms with E-state index in [1.807, 2.05) is 0 Å². The molecule has 0 aliphatic carbocycles. The third-order valence-electron chi connectivity index (χ3n) is 1.13. The highest BCUT2D eigenvalue weighted by molar-refractivity contribution is 5.74. The van der Waals surface area contributed by atoms with Crippen LogP contribution in [0, 0.1) is 0 Å². The van der Waals surface area contributed by atoms with Gasteiger partial charge >= 0.3 is 5.97 Å². The Morgan fingerprint density at radius 2 is 2.30 bits per heavy atom. The minimum atomic E-state index is -0.498. The van der Waals surface area contributed by atoms with E-state index in [1.165, 1.54) is 14.2 Å². The fourth-order valence-electron chi connectivity index (χ4n) is 0.571. The van der Waals surface area contributed by atoms with Crippen molar-refractivity contribution in [3.05, 3.63) is 12.7 Å². The molecule has 0 fully saturated rings. The number of hydrogen-bond donors (Lipinski definition) is 0. The minimum Gasteiger partial charge on any atom is -0.467 e. The molecule has 0 bridgehead atoms. The first-order valence-corrected chi connectivity index (χ1v) is 2.97. The summed E-state index contributed by atoms with van der Waals surface area (Å²) < 4.78 is 9.24. The number of methoxy groups -OCH3 is 2. The molecule has 10 heavy (non-hydrogen) atoms. The standard InChI is InChI=1S/C7H12O3/c1-4-5-6(9-2)7(8)10-3/h4,6H,1,5H2,2-3H3. The second-order valence-corrected chi connectivity index (χ2v) is 1.77. The monoisotopic (exact) mass is 144 g/mol. The van der Waals surface area contributed by atoms with Crippen LogP contribution in [-0.2, 0) is 14.3 Å². The van der Waals surface area contributed by atoms with Crippen LogP contribution in [0.3, 0.4) is 0 Å². The molecule has 0 aromatic rings. The van der Waals surface area contributed by atoms with E-state index in [0.29, 0.717) is 6.42 Å². The van der Waals surface area contributed by atoms with Crippen LogP contribution in [0.1, 0.15) is 6.42 Å². The Hall–Kier alpha value is -0.830. The van der Waals surface area contributed by atoms with Gasteiger partial charge in [-0.3, -0.25) is 0 Å². The number of carbonyl (C=O) groups is 1. The normalized spacial score (nSPS) is 12.2. The predicted octanol–water partition coefficient (Wildman–Crippen LogP) is 0.750. The second-order valence-electron chi connectivity index (χ2n) is 1.77. The van der Waals surface area contributed by atoms with Gasteiger partial charge < -0.3 is 9.47 Å². The first-order chi connectivity index (χ1) is 4.76. The molecule has 3 nitrogen and oxygen atoms in total. The van der Waals surface area contributed by atoms with Crippen LogP contribution >= 0.6 is 0 Å². The third kappa shape index (κ3) is 2.64. The van der Waals surface area contributed by atoms with Crippen molar-refractivity contribution in [1.29, 1.82) is 0 Å². The molecule has 58 valence electrons. The molecule has 0 aliphatic heterocycles. The summed E-state index contributed by atoms with van der Waals surface area (Å²) in [6.45, 7) is 3.48. The van der Waals surface area contributed by atoms with E-state index in [2.05, 4.69) is 11.3 Å². The second kappa shape index (κ2) is 4.99. The topological polar surface area (TPSA) is 35.5 Å². The highest BCUT2D eigenvalue weighted by Gasteiger charge is 2.15. The molecule has 0 amide bonds. The van der Waals surface area contributed by atoms with Crippen LogP contribution in [0.4, 0.5) is 0 Å². The van der Waals surface area contributed by atoms with Crippen LogP contribution in [0.15, 0.2) is 12.7 Å². The lowest BCUT2D eigenvalue weighted by molar-refractivity contribution is -0.151. The van der Waals surface area contributed by atoms with E-state index in [1.54, 1.807) is 6.08 Å². The van der Waals surface area contributed by atoms with Gasteiger partial charge in [0.2, 0.25) is 0 Å². The van der Waals surface area contributed by atoms with Crippen molar-refractivity contribution in [2.75, 3.05) is 14.2 Å². The zero-order valence-electron chi connectivity index (χ0n) is 6.29. The summed E-state index contributed by atoms with van der Waals surface area (Å²) in [5.41, 5.74) is 0. The fourth-order valence-corrected chi connectivity index (χ4v) is 0.571. The summed E-state index contributed by atoms with van der Waals surface area (Å²) in [6.07, 6.45) is 1.61. The van der Waals surface area contributed by atoms with Gasteiger partial charge in [-0.15, -0.1) is 6.58 Å². The van der Waals surface area contributed by atoms with Crippen LogP contribution in [-0.4, -0.2) is 26.3 Å². The quantitative estimate of drug-likeness (QED) is 0.431. The average molecular weight is 144 g/mol. The van der Waals surface area contributed by atoms with Gasteiger partial charge in [0.25, 0.3) is 0 Å². The summed E-state index contributed by atoms with van der Waals surface area (Å²) in [6, 6.07) is 0. The maximum atomic E-state index is 10.7. The summed E-state index contributed by atoms with van der Waals surface area (Å²) in [7, 11) is 2.79. The Labute approximate surface area is 60.6 Å². The van der Waals surface area contributed by atoms with Gasteiger partial charge in [-0.1, -0.05) is 6.08 Å². The van der Waals surface area contributed by atoms with Crippen molar-refractivity contribution >= 4 is 5.97 Å². The molecule has 0 saturated carbocycles. The molecule has 0 aliphatic rings. The van der Waals surface area contributed by atoms with Gasteiger partial charge in [-0.2, -0.15) is 0 Å². The smallest absolute Gasteiger partial charge is 0.335 e. The van der Waals surface area contributed by atoms with Crippen molar-refractivity contribution in [2.45, 2.75) is 12.5 Å². The number of ether oxygens (including phenoxy) is 2. The summed E-state index contributed by atoms with van der Waals surface area (Å²) in [4.78, 5) is 10.7. The summed E-state index contributed by atoms with van der Waals surface area (Å²) >= 11 is 0. The van der Waals surface area contributed by atoms with Crippen molar-refractivity contribution < 1.29 is 14.3 Å². The Bertz CT molecular complexity index is 120. The average Bonchev–Trinajstić information content (AvgIpc) is 1.99. The Kier molecular flexibility index (Phi) is 4.58. The number of esters is 1. The molecule has 0 spiro atoms. The molecule has 1 unspecified atom stereocenters. The molecular weight excluding hydrogens is 132 g/mol. The van der Waals surface area contributed by atoms with E-state index in [0.717, 1.165) is 0 Å². The van der Waals surface area contributed by atoms with Crippen molar-refractivity contribution in [3.63, 3.8) is 0 Å². The predicted molar refractivity (Wildman–Crippen MR) is 37.6 cm³/mol. The number of carbonyl (C=O) groups excluding carboxylic acids is 1. The van der Waals surface area contributed by atoms with Crippen LogP contribution in [0.25, 0.3) is 0 Å². The largest absolute Gasteiger partial charge is 0.467 e. The number of hydrogen-bond acceptors (Lipinski definition) is 3. The van der Waals surface area contributed by atoms with E-state index in [9.17, 15) is 4.79 Å². The van der Waals surface area contributed by atoms with Crippen molar-refractivity contribution in [2.24, 2.45) is 0 Å². The van der Waals surface area contributed by atoms with Crippen LogP contribution < -0.4 is 0 Å². The molecule has 0 saturated heterocycles. The third-order valence-corrected chi connectivity index (χ3v) is 1.13. The van der Waals surface area contributed by atoms with E-state index in [-0.39, 0.29) is 5.97 Å². The summed E-state index contributed by atoms with van der Waals surface area (Å²) in [5.74, 6) is -0.359. The first-order valence-electron chi connectivity index (χ1n) is 2.97. The SMILES string of the molecule is C=CCC(OC)C(=O)OC. The molecule has 3 heteroatoms. The van der Waals surface area contributed by atoms with Gasteiger partial charge in [0.15, 0.2) is 6.10 Å². The van der Waals surface area contributed by atoms with E-state index in [4.69, 9.17) is 4.74 Å². The number of rotatable bonds is 4. The van der Waals surface area contributed by atoms with Crippen LogP contribution in [0.2, 0.25) is 0 Å². The lowest BCUT2D eigenvalue weighted by atomic mass is 10.2. The Morgan fingerprint density at radius 3 is 2.60 bits per heavy atom. The zero-order valence-corrected chi connectivity index (χ0v) is 6.29. The molecule has 1 atom stereocenters. The lowest BCUT2D eigenvalue weighted by Crippen LogP contribution is -2.23. The highest BCUT2D eigenvalue weighted by atomic mass is 16.6.